The number of benzene rings is 1. The fraction of sp³-hybridized carbons (Fsp3) is 0.200. The lowest BCUT2D eigenvalue weighted by Crippen LogP contribution is -2.07. The van der Waals surface area contributed by atoms with Gasteiger partial charge < -0.3 is 9.47 Å². The molecule has 2 aromatic rings. The van der Waals surface area contributed by atoms with Crippen LogP contribution in [0.25, 0.3) is 11.3 Å². The van der Waals surface area contributed by atoms with E-state index in [1.807, 2.05) is 0 Å². The maximum absolute atomic E-state index is 14.5. The average Bonchev–Trinajstić information content (AvgIpc) is 2.50. The molecule has 0 atom stereocenters. The number of nitrogens with zero attached hydrogens (tertiary/aromatic N) is 1. The second-order valence-corrected chi connectivity index (χ2v) is 5.21. The number of methoxy groups -OCH3 is 2. The molecule has 0 saturated heterocycles. The first-order valence-corrected chi connectivity index (χ1v) is 6.94. The smallest absolute Gasteiger partial charge is 0.358 e. The average molecular weight is 344 g/mol. The Morgan fingerprint density at radius 1 is 1.27 bits per heavy atom. The lowest BCUT2D eigenvalue weighted by atomic mass is 10.1. The maximum atomic E-state index is 14.5. The van der Waals surface area contributed by atoms with Crippen molar-refractivity contribution in [3.05, 3.63) is 45.3 Å². The van der Waals surface area contributed by atoms with Gasteiger partial charge in [0.1, 0.15) is 0 Å². The SMILES string of the molecule is COC(=O)c1nc(-c2ccc(Cl)c(OC)c2F)cc(C)c1Cl. The molecule has 0 N–H and O–H groups in total. The highest BCUT2D eigenvalue weighted by atomic mass is 35.5. The first-order chi connectivity index (χ1) is 10.4. The van der Waals surface area contributed by atoms with Gasteiger partial charge in [-0.15, -0.1) is 0 Å². The van der Waals surface area contributed by atoms with Gasteiger partial charge in [0.2, 0.25) is 0 Å². The molecule has 0 fully saturated rings. The molecular formula is C15H12Cl2FNO3. The minimum atomic E-state index is -0.698. The third-order valence-electron chi connectivity index (χ3n) is 3.05. The molecule has 0 unspecified atom stereocenters. The zero-order chi connectivity index (χ0) is 16.4. The van der Waals surface area contributed by atoms with Crippen LogP contribution in [0.1, 0.15) is 16.1 Å². The van der Waals surface area contributed by atoms with Crippen LogP contribution < -0.4 is 4.74 Å². The molecule has 0 radical (unpaired) electrons. The van der Waals surface area contributed by atoms with Crippen molar-refractivity contribution in [2.24, 2.45) is 0 Å². The standard InChI is InChI=1S/C15H12Cl2FNO3/c1-7-6-10(19-13(11(7)17)15(20)22-3)8-4-5-9(16)14(21-2)12(8)18/h4-6H,1-3H3. The zero-order valence-electron chi connectivity index (χ0n) is 12.0. The van der Waals surface area contributed by atoms with Crippen LogP contribution in [0.4, 0.5) is 4.39 Å². The van der Waals surface area contributed by atoms with Gasteiger partial charge in [-0.05, 0) is 30.7 Å². The van der Waals surface area contributed by atoms with Crippen molar-refractivity contribution < 1.29 is 18.7 Å². The van der Waals surface area contributed by atoms with E-state index in [1.54, 1.807) is 13.0 Å². The Hall–Kier alpha value is -1.85. The number of carbonyl (C=O) groups is 1. The summed E-state index contributed by atoms with van der Waals surface area (Å²) in [5, 5.41) is 0.305. The Morgan fingerprint density at radius 3 is 2.55 bits per heavy atom. The van der Waals surface area contributed by atoms with Gasteiger partial charge in [0.05, 0.1) is 30.0 Å². The predicted octanol–water partition coefficient (Wildman–Crippen LogP) is 4.30. The van der Waals surface area contributed by atoms with Gasteiger partial charge in [0.15, 0.2) is 17.3 Å². The Kier molecular flexibility index (Phi) is 4.88. The van der Waals surface area contributed by atoms with E-state index in [2.05, 4.69) is 9.72 Å². The molecule has 0 aliphatic carbocycles. The van der Waals surface area contributed by atoms with E-state index in [1.165, 1.54) is 26.4 Å². The van der Waals surface area contributed by atoms with Crippen molar-refractivity contribution in [1.82, 2.24) is 4.98 Å². The molecule has 0 aliphatic heterocycles. The molecule has 22 heavy (non-hydrogen) atoms. The van der Waals surface area contributed by atoms with Crippen LogP contribution in [-0.2, 0) is 4.74 Å². The Morgan fingerprint density at radius 2 is 1.95 bits per heavy atom. The van der Waals surface area contributed by atoms with Gasteiger partial charge in [-0.25, -0.2) is 14.2 Å². The molecular weight excluding hydrogens is 332 g/mol. The van der Waals surface area contributed by atoms with E-state index in [9.17, 15) is 9.18 Å². The number of pyridine rings is 1. The van der Waals surface area contributed by atoms with Crippen LogP contribution >= 0.6 is 23.2 Å². The predicted molar refractivity (Wildman–Crippen MR) is 82.3 cm³/mol. The van der Waals surface area contributed by atoms with E-state index < -0.39 is 11.8 Å². The summed E-state index contributed by atoms with van der Waals surface area (Å²) in [6.07, 6.45) is 0. The maximum Gasteiger partial charge on any atom is 0.358 e. The quantitative estimate of drug-likeness (QED) is 0.779. The summed E-state index contributed by atoms with van der Waals surface area (Å²) >= 11 is 11.9. The van der Waals surface area contributed by atoms with Crippen molar-refractivity contribution in [2.45, 2.75) is 6.92 Å². The normalized spacial score (nSPS) is 10.5. The lowest BCUT2D eigenvalue weighted by molar-refractivity contribution is 0.0594. The van der Waals surface area contributed by atoms with Gasteiger partial charge in [0, 0.05) is 5.56 Å². The van der Waals surface area contributed by atoms with E-state index in [4.69, 9.17) is 27.9 Å². The van der Waals surface area contributed by atoms with Gasteiger partial charge in [0.25, 0.3) is 0 Å². The monoisotopic (exact) mass is 343 g/mol. The minimum absolute atomic E-state index is 0.0764. The van der Waals surface area contributed by atoms with Gasteiger partial charge in [-0.3, -0.25) is 0 Å². The fourth-order valence-electron chi connectivity index (χ4n) is 1.94. The molecule has 116 valence electrons. The number of ether oxygens (including phenoxy) is 2. The van der Waals surface area contributed by atoms with Crippen molar-refractivity contribution >= 4 is 29.2 Å². The summed E-state index contributed by atoms with van der Waals surface area (Å²) in [7, 11) is 2.53. The summed E-state index contributed by atoms with van der Waals surface area (Å²) in [6, 6.07) is 4.51. The van der Waals surface area contributed by atoms with E-state index in [-0.39, 0.29) is 32.7 Å². The summed E-state index contributed by atoms with van der Waals surface area (Å²) < 4.78 is 24.0. The minimum Gasteiger partial charge on any atom is -0.492 e. The van der Waals surface area contributed by atoms with Gasteiger partial charge in [-0.2, -0.15) is 0 Å². The Labute approximate surface area is 136 Å². The number of aryl methyl sites for hydroxylation is 1. The van der Waals surface area contributed by atoms with Crippen molar-refractivity contribution in [3.8, 4) is 17.0 Å². The summed E-state index contributed by atoms with van der Waals surface area (Å²) in [5.41, 5.74) is 0.869. The lowest BCUT2D eigenvalue weighted by Gasteiger charge is -2.11. The zero-order valence-corrected chi connectivity index (χ0v) is 13.5. The molecule has 4 nitrogen and oxygen atoms in total. The largest absolute Gasteiger partial charge is 0.492 e. The van der Waals surface area contributed by atoms with Crippen LogP contribution in [0.15, 0.2) is 18.2 Å². The van der Waals surface area contributed by atoms with Gasteiger partial charge in [-0.1, -0.05) is 23.2 Å². The molecule has 1 aromatic heterocycles. The first-order valence-electron chi connectivity index (χ1n) is 6.18. The summed E-state index contributed by atoms with van der Waals surface area (Å²) in [5.74, 6) is -1.45. The van der Waals surface area contributed by atoms with Crippen LogP contribution in [0.2, 0.25) is 10.0 Å². The number of esters is 1. The summed E-state index contributed by atoms with van der Waals surface area (Å²) in [4.78, 5) is 15.8. The number of rotatable bonds is 3. The van der Waals surface area contributed by atoms with Crippen LogP contribution in [-0.4, -0.2) is 25.2 Å². The van der Waals surface area contributed by atoms with E-state index in [0.717, 1.165) is 0 Å². The highest BCUT2D eigenvalue weighted by molar-refractivity contribution is 6.34. The van der Waals surface area contributed by atoms with Crippen molar-refractivity contribution in [1.29, 1.82) is 0 Å². The van der Waals surface area contributed by atoms with E-state index in [0.29, 0.717) is 5.56 Å². The molecule has 0 bridgehead atoms. The fourth-order valence-corrected chi connectivity index (χ4v) is 2.34. The van der Waals surface area contributed by atoms with E-state index >= 15 is 0 Å². The van der Waals surface area contributed by atoms with Gasteiger partial charge >= 0.3 is 5.97 Å². The topological polar surface area (TPSA) is 48.4 Å². The van der Waals surface area contributed by atoms with Crippen molar-refractivity contribution in [2.75, 3.05) is 14.2 Å². The second kappa shape index (κ2) is 6.50. The molecule has 0 amide bonds. The highest BCUT2D eigenvalue weighted by Crippen LogP contribution is 2.35. The Bertz CT molecular complexity index is 750. The molecule has 0 saturated carbocycles. The molecule has 2 rings (SSSR count). The highest BCUT2D eigenvalue weighted by Gasteiger charge is 2.20. The molecule has 0 spiro atoms. The number of hydrogen-bond acceptors (Lipinski definition) is 4. The molecule has 1 heterocycles. The Balaban J connectivity index is 2.69. The van der Waals surface area contributed by atoms with Crippen molar-refractivity contribution in [3.63, 3.8) is 0 Å². The first kappa shape index (κ1) is 16.5. The third kappa shape index (κ3) is 2.87. The van der Waals surface area contributed by atoms with Crippen LogP contribution in [0, 0.1) is 12.7 Å². The van der Waals surface area contributed by atoms with Crippen LogP contribution in [0.3, 0.4) is 0 Å². The number of halogens is 3. The molecule has 1 aromatic carbocycles. The number of hydrogen-bond donors (Lipinski definition) is 0. The molecule has 7 heteroatoms. The second-order valence-electron chi connectivity index (χ2n) is 4.42. The third-order valence-corrected chi connectivity index (χ3v) is 3.82. The molecule has 0 aliphatic rings. The van der Waals surface area contributed by atoms with Crippen LogP contribution in [0.5, 0.6) is 5.75 Å². The number of carbonyl (C=O) groups excluding carboxylic acids is 1. The summed E-state index contributed by atoms with van der Waals surface area (Å²) in [6.45, 7) is 1.69. The number of aromatic nitrogens is 1.